The summed E-state index contributed by atoms with van der Waals surface area (Å²) in [5.74, 6) is -1.28. The minimum atomic E-state index is -4.81. The summed E-state index contributed by atoms with van der Waals surface area (Å²) in [7, 11) is 0. The first-order chi connectivity index (χ1) is 15.7. The van der Waals surface area contributed by atoms with Crippen LogP contribution in [0.25, 0.3) is 0 Å². The van der Waals surface area contributed by atoms with Gasteiger partial charge >= 0.3 is 6.36 Å². The number of carbonyl (C=O) groups is 2. The molecule has 1 unspecified atom stereocenters. The smallest absolute Gasteiger partial charge is 0.480 e. The number of alkyl halides is 3. The van der Waals surface area contributed by atoms with Crippen molar-refractivity contribution in [2.75, 3.05) is 0 Å². The van der Waals surface area contributed by atoms with Gasteiger partial charge in [0.15, 0.2) is 6.10 Å². The van der Waals surface area contributed by atoms with Crippen molar-refractivity contribution in [2.24, 2.45) is 5.73 Å². The zero-order valence-electron chi connectivity index (χ0n) is 17.0. The van der Waals surface area contributed by atoms with E-state index in [2.05, 4.69) is 9.72 Å². The number of fused-ring (bicyclic) bond motifs is 1. The van der Waals surface area contributed by atoms with E-state index in [1.165, 1.54) is 23.5 Å². The molecule has 4 rings (SSSR count). The third kappa shape index (κ3) is 5.61. The van der Waals surface area contributed by atoms with Gasteiger partial charge in [0.1, 0.15) is 17.2 Å². The minimum absolute atomic E-state index is 0.00824. The fraction of sp³-hybridized carbons (Fsp3) is 0.227. The number of carbonyl (C=O) groups excluding carboxylic acids is 2. The van der Waals surface area contributed by atoms with Crippen LogP contribution in [0.3, 0.4) is 0 Å². The molecule has 1 aliphatic heterocycles. The standard InChI is InChI=1S/C22H18F3N3O4S/c23-22(24,25)32-16-7-5-15(6-8-16)31-18(20(26)29)9-19-27-17(12-33-19)21(30)28-10-13-3-1-2-4-14(13)11-28/h1-8,12,18H,9-11H2,(H2,26,29). The summed E-state index contributed by atoms with van der Waals surface area (Å²) in [6, 6.07) is 12.4. The Kier molecular flexibility index (Phi) is 6.23. The molecule has 0 fully saturated rings. The van der Waals surface area contributed by atoms with E-state index in [4.69, 9.17) is 10.5 Å². The van der Waals surface area contributed by atoms with Gasteiger partial charge in [0.05, 0.1) is 5.01 Å². The lowest BCUT2D eigenvalue weighted by molar-refractivity contribution is -0.274. The number of ether oxygens (including phenoxy) is 2. The number of nitrogens with zero attached hydrogens (tertiary/aromatic N) is 2. The van der Waals surface area contributed by atoms with E-state index in [0.29, 0.717) is 18.1 Å². The molecule has 2 heterocycles. The van der Waals surface area contributed by atoms with Crippen LogP contribution in [0.5, 0.6) is 11.5 Å². The van der Waals surface area contributed by atoms with Gasteiger partial charge in [0.25, 0.3) is 11.8 Å². The van der Waals surface area contributed by atoms with Gasteiger partial charge < -0.3 is 20.1 Å². The monoisotopic (exact) mass is 477 g/mol. The molecule has 0 radical (unpaired) electrons. The predicted octanol–water partition coefficient (Wildman–Crippen LogP) is 3.67. The van der Waals surface area contributed by atoms with Crippen LogP contribution >= 0.6 is 11.3 Å². The number of hydrogen-bond donors (Lipinski definition) is 1. The van der Waals surface area contributed by atoms with Crippen LogP contribution < -0.4 is 15.2 Å². The second-order valence-electron chi connectivity index (χ2n) is 7.29. The Hall–Kier alpha value is -3.60. The second-order valence-corrected chi connectivity index (χ2v) is 8.23. The van der Waals surface area contributed by atoms with Crippen molar-refractivity contribution in [3.05, 3.63) is 75.7 Å². The number of rotatable bonds is 7. The van der Waals surface area contributed by atoms with Gasteiger partial charge in [-0.1, -0.05) is 24.3 Å². The fourth-order valence-electron chi connectivity index (χ4n) is 3.38. The zero-order valence-corrected chi connectivity index (χ0v) is 17.9. The third-order valence-electron chi connectivity index (χ3n) is 4.91. The molecule has 0 saturated carbocycles. The maximum absolute atomic E-state index is 12.8. The first-order valence-electron chi connectivity index (χ1n) is 9.80. The average Bonchev–Trinajstić information content (AvgIpc) is 3.40. The fourth-order valence-corrected chi connectivity index (χ4v) is 4.18. The van der Waals surface area contributed by atoms with E-state index in [1.54, 1.807) is 10.3 Å². The van der Waals surface area contributed by atoms with Gasteiger partial charge in [-0.15, -0.1) is 24.5 Å². The molecular formula is C22H18F3N3O4S. The quantitative estimate of drug-likeness (QED) is 0.560. The molecule has 3 aromatic rings. The average molecular weight is 477 g/mol. The number of hydrogen-bond acceptors (Lipinski definition) is 6. The molecule has 0 aliphatic carbocycles. The second kappa shape index (κ2) is 9.10. The summed E-state index contributed by atoms with van der Waals surface area (Å²) in [5, 5.41) is 2.08. The highest BCUT2D eigenvalue weighted by Gasteiger charge is 2.31. The summed E-state index contributed by atoms with van der Waals surface area (Å²) in [6.45, 7) is 1.01. The topological polar surface area (TPSA) is 94.8 Å². The Labute approximate surface area is 190 Å². The summed E-state index contributed by atoms with van der Waals surface area (Å²) in [5.41, 5.74) is 7.87. The highest BCUT2D eigenvalue weighted by atomic mass is 32.1. The van der Waals surface area contributed by atoms with Crippen LogP contribution in [-0.4, -0.2) is 34.2 Å². The first-order valence-corrected chi connectivity index (χ1v) is 10.7. The Morgan fingerprint density at radius 2 is 1.67 bits per heavy atom. The molecule has 11 heteroatoms. The first kappa shape index (κ1) is 22.6. The molecule has 2 N–H and O–H groups in total. The number of amides is 2. The Morgan fingerprint density at radius 1 is 1.06 bits per heavy atom. The van der Waals surface area contributed by atoms with Gasteiger partial charge in [-0.25, -0.2) is 4.98 Å². The molecule has 0 spiro atoms. The predicted molar refractivity (Wildman–Crippen MR) is 113 cm³/mol. The maximum atomic E-state index is 12.8. The van der Waals surface area contributed by atoms with Crippen molar-refractivity contribution in [1.29, 1.82) is 0 Å². The lowest BCUT2D eigenvalue weighted by Gasteiger charge is -2.16. The molecule has 2 amide bonds. The van der Waals surface area contributed by atoms with Crippen molar-refractivity contribution in [2.45, 2.75) is 32.0 Å². The number of primary amides is 1. The zero-order chi connectivity index (χ0) is 23.6. The molecule has 1 aliphatic rings. The largest absolute Gasteiger partial charge is 0.573 e. The Morgan fingerprint density at radius 3 is 2.24 bits per heavy atom. The number of thiazole rings is 1. The molecule has 1 atom stereocenters. The minimum Gasteiger partial charge on any atom is -0.480 e. The van der Waals surface area contributed by atoms with Crippen molar-refractivity contribution < 1.29 is 32.2 Å². The molecule has 1 aromatic heterocycles. The number of halogens is 3. The molecule has 2 aromatic carbocycles. The van der Waals surface area contributed by atoms with Crippen LogP contribution in [0.2, 0.25) is 0 Å². The summed E-state index contributed by atoms with van der Waals surface area (Å²) < 4.78 is 46.2. The highest BCUT2D eigenvalue weighted by Crippen LogP contribution is 2.27. The molecule has 7 nitrogen and oxygen atoms in total. The van der Waals surface area contributed by atoms with E-state index in [9.17, 15) is 22.8 Å². The van der Waals surface area contributed by atoms with E-state index in [0.717, 1.165) is 23.3 Å². The lowest BCUT2D eigenvalue weighted by Crippen LogP contribution is -2.35. The number of benzene rings is 2. The van der Waals surface area contributed by atoms with Crippen LogP contribution in [0.15, 0.2) is 53.9 Å². The maximum Gasteiger partial charge on any atom is 0.573 e. The normalized spacial score (nSPS) is 14.0. The van der Waals surface area contributed by atoms with Crippen LogP contribution in [0, 0.1) is 0 Å². The summed E-state index contributed by atoms with van der Waals surface area (Å²) in [6.07, 6.45) is -5.92. The van der Waals surface area contributed by atoms with E-state index in [-0.39, 0.29) is 23.8 Å². The van der Waals surface area contributed by atoms with E-state index >= 15 is 0 Å². The Bertz CT molecular complexity index is 1140. The molecular weight excluding hydrogens is 459 g/mol. The summed E-state index contributed by atoms with van der Waals surface area (Å²) in [4.78, 5) is 30.7. The van der Waals surface area contributed by atoms with E-state index < -0.39 is 24.1 Å². The van der Waals surface area contributed by atoms with Crippen LogP contribution in [-0.2, 0) is 24.3 Å². The molecule has 0 saturated heterocycles. The molecule has 33 heavy (non-hydrogen) atoms. The third-order valence-corrected chi connectivity index (χ3v) is 5.78. The van der Waals surface area contributed by atoms with Gasteiger partial charge in [-0.05, 0) is 35.4 Å². The van der Waals surface area contributed by atoms with Gasteiger partial charge in [-0.3, -0.25) is 9.59 Å². The van der Waals surface area contributed by atoms with E-state index in [1.807, 2.05) is 24.3 Å². The van der Waals surface area contributed by atoms with Gasteiger partial charge in [0.2, 0.25) is 0 Å². The highest BCUT2D eigenvalue weighted by molar-refractivity contribution is 7.09. The van der Waals surface area contributed by atoms with Crippen LogP contribution in [0.1, 0.15) is 26.6 Å². The van der Waals surface area contributed by atoms with Crippen molar-refractivity contribution in [3.63, 3.8) is 0 Å². The molecule has 0 bridgehead atoms. The van der Waals surface area contributed by atoms with Crippen molar-refractivity contribution >= 4 is 23.2 Å². The summed E-state index contributed by atoms with van der Waals surface area (Å²) >= 11 is 1.19. The van der Waals surface area contributed by atoms with Crippen molar-refractivity contribution in [1.82, 2.24) is 9.88 Å². The number of nitrogens with two attached hydrogens (primary N) is 1. The van der Waals surface area contributed by atoms with Crippen LogP contribution in [0.4, 0.5) is 13.2 Å². The van der Waals surface area contributed by atoms with Crippen molar-refractivity contribution in [3.8, 4) is 11.5 Å². The van der Waals surface area contributed by atoms with Gasteiger partial charge in [-0.2, -0.15) is 0 Å². The molecule has 172 valence electrons. The number of aromatic nitrogens is 1. The lowest BCUT2D eigenvalue weighted by atomic mass is 10.1. The SMILES string of the molecule is NC(=O)C(Cc1nc(C(=O)N2Cc3ccccc3C2)cs1)Oc1ccc(OC(F)(F)F)cc1. The van der Waals surface area contributed by atoms with Gasteiger partial charge in [0, 0.05) is 24.9 Å². The Balaban J connectivity index is 1.39.